The molecule has 0 atom stereocenters. The van der Waals surface area contributed by atoms with Gasteiger partial charge >= 0.3 is 0 Å². The minimum absolute atomic E-state index is 0.456. The van der Waals surface area contributed by atoms with Gasteiger partial charge in [0.15, 0.2) is 0 Å². The fourth-order valence-electron chi connectivity index (χ4n) is 3.53. The number of aromatic nitrogens is 5. The van der Waals surface area contributed by atoms with E-state index in [4.69, 9.17) is 0 Å². The van der Waals surface area contributed by atoms with Gasteiger partial charge in [0.2, 0.25) is 4.91 Å². The van der Waals surface area contributed by atoms with E-state index < -0.39 is 0 Å². The highest BCUT2D eigenvalue weighted by molar-refractivity contribution is 5.92. The zero-order valence-corrected chi connectivity index (χ0v) is 13.1. The van der Waals surface area contributed by atoms with Gasteiger partial charge in [-0.1, -0.05) is 5.21 Å². The summed E-state index contributed by atoms with van der Waals surface area (Å²) in [5.74, 6) is 1.06. The zero-order valence-electron chi connectivity index (χ0n) is 13.1. The van der Waals surface area contributed by atoms with Crippen LogP contribution in [0.5, 0.6) is 0 Å². The molecule has 1 saturated carbocycles. The van der Waals surface area contributed by atoms with Gasteiger partial charge in [-0.3, -0.25) is 0 Å². The molecule has 1 N–H and O–H groups in total. The first-order valence-electron chi connectivity index (χ1n) is 7.99. The smallest absolute Gasteiger partial charge is 0.216 e. The number of fused-ring (bicyclic) bond motifs is 3. The van der Waals surface area contributed by atoms with E-state index >= 15 is 0 Å². The molecule has 8 nitrogen and oxygen atoms in total. The molecule has 0 aromatic carbocycles. The molecule has 0 spiro atoms. The summed E-state index contributed by atoms with van der Waals surface area (Å²) in [6, 6.07) is 2.05. The van der Waals surface area contributed by atoms with Gasteiger partial charge < -0.3 is 4.98 Å². The van der Waals surface area contributed by atoms with E-state index in [0.717, 1.165) is 54.5 Å². The molecule has 0 unspecified atom stereocenters. The number of hydrogen-bond donors (Lipinski definition) is 1. The van der Waals surface area contributed by atoms with E-state index in [0.29, 0.717) is 11.8 Å². The van der Waals surface area contributed by atoms with Gasteiger partial charge in [0.25, 0.3) is 0 Å². The number of aromatic amines is 1. The maximum Gasteiger partial charge on any atom is 0.216 e. The zero-order chi connectivity index (χ0) is 15.6. The van der Waals surface area contributed by atoms with Gasteiger partial charge in [0, 0.05) is 17.5 Å². The second-order valence-corrected chi connectivity index (χ2v) is 6.08. The van der Waals surface area contributed by atoms with Gasteiger partial charge in [-0.2, -0.15) is 0 Å². The fraction of sp³-hybridized carbons (Fsp3) is 0.533. The average molecular weight is 311 g/mol. The van der Waals surface area contributed by atoms with Gasteiger partial charge in [0.05, 0.1) is 5.69 Å². The third-order valence-corrected chi connectivity index (χ3v) is 4.72. The standard InChI is InChI=1S/C15H19N8/c1-16-21-19-8-10-2-4-11(5-3-10)13-14-12-6-7-17-15(12)18-9-23(14)22-20-13/h6-7,9-11,17H,2-5,8H2,1H3/q+1. The van der Waals surface area contributed by atoms with Crippen molar-refractivity contribution in [2.24, 2.45) is 16.1 Å². The van der Waals surface area contributed by atoms with Crippen molar-refractivity contribution in [2.45, 2.75) is 31.6 Å². The summed E-state index contributed by atoms with van der Waals surface area (Å²) in [6.07, 6.45) is 8.17. The van der Waals surface area contributed by atoms with E-state index in [1.807, 2.05) is 12.3 Å². The third kappa shape index (κ3) is 2.51. The van der Waals surface area contributed by atoms with Crippen LogP contribution in [-0.4, -0.2) is 38.4 Å². The first kappa shape index (κ1) is 14.0. The molecule has 23 heavy (non-hydrogen) atoms. The highest BCUT2D eigenvalue weighted by atomic mass is 15.4. The van der Waals surface area contributed by atoms with Crippen LogP contribution in [-0.2, 0) is 0 Å². The van der Waals surface area contributed by atoms with E-state index in [-0.39, 0.29) is 0 Å². The molecular weight excluding hydrogens is 292 g/mol. The Hall–Kier alpha value is -2.60. The van der Waals surface area contributed by atoms with Crippen molar-refractivity contribution < 1.29 is 0 Å². The second kappa shape index (κ2) is 5.89. The van der Waals surface area contributed by atoms with Crippen LogP contribution in [0.15, 0.2) is 28.8 Å². The monoisotopic (exact) mass is 311 g/mol. The summed E-state index contributed by atoms with van der Waals surface area (Å²) in [5.41, 5.74) is 3.07. The van der Waals surface area contributed by atoms with E-state index in [1.54, 1.807) is 17.9 Å². The lowest BCUT2D eigenvalue weighted by Gasteiger charge is -2.25. The van der Waals surface area contributed by atoms with Crippen LogP contribution in [0, 0.1) is 5.92 Å². The van der Waals surface area contributed by atoms with Crippen molar-refractivity contribution in [3.05, 3.63) is 24.3 Å². The van der Waals surface area contributed by atoms with Crippen LogP contribution in [0.1, 0.15) is 37.3 Å². The molecule has 0 aliphatic heterocycles. The molecule has 118 valence electrons. The number of rotatable bonds is 3. The van der Waals surface area contributed by atoms with E-state index in [2.05, 4.69) is 35.4 Å². The Morgan fingerprint density at radius 3 is 3.04 bits per heavy atom. The quantitative estimate of drug-likeness (QED) is 0.594. The van der Waals surface area contributed by atoms with Crippen molar-refractivity contribution in [3.63, 3.8) is 0 Å². The average Bonchev–Trinajstić information content (AvgIpc) is 3.21. The summed E-state index contributed by atoms with van der Waals surface area (Å²) in [5, 5.41) is 17.6. The van der Waals surface area contributed by atoms with Gasteiger partial charge in [-0.05, 0) is 37.7 Å². The van der Waals surface area contributed by atoms with Crippen LogP contribution >= 0.6 is 0 Å². The minimum atomic E-state index is 0.456. The molecule has 3 aromatic heterocycles. The first-order chi connectivity index (χ1) is 11.4. The van der Waals surface area contributed by atoms with Crippen LogP contribution in [0.3, 0.4) is 0 Å². The van der Waals surface area contributed by atoms with Crippen LogP contribution in [0.2, 0.25) is 0 Å². The molecule has 1 aliphatic carbocycles. The van der Waals surface area contributed by atoms with Gasteiger partial charge in [0.1, 0.15) is 41.3 Å². The minimum Gasteiger partial charge on any atom is -0.346 e. The SMILES string of the molecule is CN=[N+]=NCC1CCC(c2nnn3cnc4[nH]ccc4c23)CC1. The van der Waals surface area contributed by atoms with Crippen molar-refractivity contribution in [3.8, 4) is 0 Å². The maximum atomic E-state index is 4.45. The number of hydrogen-bond acceptors (Lipinski definition) is 5. The van der Waals surface area contributed by atoms with Gasteiger partial charge in [-0.25, -0.2) is 9.50 Å². The molecule has 1 aliphatic rings. The Kier molecular flexibility index (Phi) is 3.59. The summed E-state index contributed by atoms with van der Waals surface area (Å²) in [7, 11) is 1.65. The van der Waals surface area contributed by atoms with Crippen molar-refractivity contribution in [2.75, 3.05) is 13.6 Å². The number of nitrogens with one attached hydrogen (secondary N) is 1. The van der Waals surface area contributed by atoms with Crippen molar-refractivity contribution in [1.29, 1.82) is 0 Å². The molecule has 0 saturated heterocycles. The number of H-pyrrole nitrogens is 1. The fourth-order valence-corrected chi connectivity index (χ4v) is 3.53. The van der Waals surface area contributed by atoms with Crippen molar-refractivity contribution in [1.82, 2.24) is 29.7 Å². The van der Waals surface area contributed by atoms with E-state index in [9.17, 15) is 0 Å². The van der Waals surface area contributed by atoms with Crippen LogP contribution in [0.4, 0.5) is 0 Å². The lowest BCUT2D eigenvalue weighted by Crippen LogP contribution is -2.16. The van der Waals surface area contributed by atoms with Crippen LogP contribution < -0.4 is 4.91 Å². The molecule has 0 amide bonds. The Balaban J connectivity index is 1.59. The Bertz CT molecular complexity index is 877. The normalized spacial score (nSPS) is 21.4. The predicted molar refractivity (Wildman–Crippen MR) is 85.1 cm³/mol. The molecule has 3 aromatic rings. The van der Waals surface area contributed by atoms with Gasteiger partial charge in [-0.15, -0.1) is 5.10 Å². The lowest BCUT2D eigenvalue weighted by atomic mass is 9.80. The number of nitrogens with zero attached hydrogens (tertiary/aromatic N) is 7. The Morgan fingerprint density at radius 2 is 2.22 bits per heavy atom. The summed E-state index contributed by atoms with van der Waals surface area (Å²) >= 11 is 0. The topological polar surface area (TPSA) is 97.7 Å². The summed E-state index contributed by atoms with van der Waals surface area (Å²) in [4.78, 5) is 11.2. The molecule has 0 radical (unpaired) electrons. The molecular formula is C15H19N8+. The van der Waals surface area contributed by atoms with Crippen molar-refractivity contribution >= 4 is 16.6 Å². The van der Waals surface area contributed by atoms with E-state index in [1.165, 1.54) is 0 Å². The summed E-state index contributed by atoms with van der Waals surface area (Å²) < 4.78 is 1.79. The maximum absolute atomic E-state index is 4.45. The van der Waals surface area contributed by atoms with Crippen LogP contribution in [0.25, 0.3) is 16.6 Å². The predicted octanol–water partition coefficient (Wildman–Crippen LogP) is 2.48. The largest absolute Gasteiger partial charge is 0.346 e. The second-order valence-electron chi connectivity index (χ2n) is 6.08. The third-order valence-electron chi connectivity index (χ3n) is 4.72. The molecule has 3 heterocycles. The molecule has 8 heteroatoms. The Labute approximate surface area is 132 Å². The first-order valence-corrected chi connectivity index (χ1v) is 7.99. The highest BCUT2D eigenvalue weighted by Crippen LogP contribution is 2.37. The lowest BCUT2D eigenvalue weighted by molar-refractivity contribution is 0.327. The highest BCUT2D eigenvalue weighted by Gasteiger charge is 2.27. The molecule has 4 rings (SSSR count). The summed E-state index contributed by atoms with van der Waals surface area (Å²) in [6.45, 7) is 0.776. The Morgan fingerprint density at radius 1 is 1.35 bits per heavy atom. The molecule has 1 fully saturated rings. The molecule has 0 bridgehead atoms.